The van der Waals surface area contributed by atoms with Crippen molar-refractivity contribution in [3.63, 3.8) is 0 Å². The first-order chi connectivity index (χ1) is 18.9. The Morgan fingerprint density at radius 1 is 1.23 bits per heavy atom. The molecule has 11 nitrogen and oxygen atoms in total. The van der Waals surface area contributed by atoms with Gasteiger partial charge in [-0.25, -0.2) is 14.1 Å². The lowest BCUT2D eigenvalue weighted by molar-refractivity contribution is -0.0324. The maximum absolute atomic E-state index is 13.6. The number of pyridine rings is 2. The molecule has 0 spiro atoms. The number of hydrogen-bond donors (Lipinski definition) is 1. The summed E-state index contributed by atoms with van der Waals surface area (Å²) in [5.74, 6) is -0.199. The fourth-order valence-corrected chi connectivity index (χ4v) is 4.91. The number of esters is 1. The van der Waals surface area contributed by atoms with Crippen LogP contribution in [0.5, 0.6) is 0 Å². The molecule has 3 heterocycles. The average Bonchev–Trinajstić information content (AvgIpc) is 3.33. The van der Waals surface area contributed by atoms with E-state index < -0.39 is 17.7 Å². The van der Waals surface area contributed by atoms with Crippen molar-refractivity contribution >= 4 is 34.8 Å². The maximum atomic E-state index is 13.6. The van der Waals surface area contributed by atoms with Crippen molar-refractivity contribution in [2.75, 3.05) is 31.0 Å². The molecule has 1 aliphatic carbocycles. The van der Waals surface area contributed by atoms with Crippen LogP contribution in [0.1, 0.15) is 76.7 Å². The molecule has 0 bridgehead atoms. The number of carbonyl (C=O) groups is 2. The average molecular weight is 554 g/mol. The highest BCUT2D eigenvalue weighted by molar-refractivity contribution is 5.98. The van der Waals surface area contributed by atoms with E-state index in [9.17, 15) is 14.4 Å². The summed E-state index contributed by atoms with van der Waals surface area (Å²) in [6.07, 6.45) is 6.03. The number of rotatable bonds is 7. The zero-order valence-electron chi connectivity index (χ0n) is 24.3. The van der Waals surface area contributed by atoms with Crippen molar-refractivity contribution in [3.05, 3.63) is 52.6 Å². The number of aromatic nitrogens is 3. The molecule has 3 aromatic heterocycles. The van der Waals surface area contributed by atoms with Crippen LogP contribution in [0.4, 0.5) is 22.0 Å². The van der Waals surface area contributed by atoms with Gasteiger partial charge in [-0.05, 0) is 78.5 Å². The number of amides is 1. The third-order valence-electron chi connectivity index (χ3n) is 7.26. The Balaban J connectivity index is 1.73. The van der Waals surface area contributed by atoms with E-state index in [4.69, 9.17) is 14.2 Å². The second-order valence-corrected chi connectivity index (χ2v) is 11.4. The highest BCUT2D eigenvalue weighted by atomic mass is 16.6. The van der Waals surface area contributed by atoms with Crippen molar-refractivity contribution < 1.29 is 23.8 Å². The Morgan fingerprint density at radius 3 is 2.55 bits per heavy atom. The van der Waals surface area contributed by atoms with Crippen molar-refractivity contribution in [1.82, 2.24) is 14.2 Å². The lowest BCUT2D eigenvalue weighted by atomic mass is 9.83. The SMILES string of the molecule is CCOC(=O)c1cnn2c(N(C)C(=O)OC(C)(C)C)cc(Nc3cccn([C@H]4CC[C@](C)(OC)CC4)c3=O)cc12. The molecule has 1 aliphatic rings. The first-order valence-corrected chi connectivity index (χ1v) is 13.5. The summed E-state index contributed by atoms with van der Waals surface area (Å²) in [6, 6.07) is 7.00. The van der Waals surface area contributed by atoms with Crippen LogP contribution in [0.25, 0.3) is 5.52 Å². The molecule has 0 aliphatic heterocycles. The van der Waals surface area contributed by atoms with Crippen molar-refractivity contribution in [2.24, 2.45) is 0 Å². The van der Waals surface area contributed by atoms with Crippen LogP contribution < -0.4 is 15.8 Å². The predicted molar refractivity (Wildman–Crippen MR) is 153 cm³/mol. The number of methoxy groups -OCH3 is 1. The Bertz CT molecular complexity index is 1450. The number of fused-ring (bicyclic) bond motifs is 1. The van der Waals surface area contributed by atoms with E-state index in [1.165, 1.54) is 15.6 Å². The summed E-state index contributed by atoms with van der Waals surface area (Å²) in [5, 5.41) is 7.56. The third-order valence-corrected chi connectivity index (χ3v) is 7.26. The van der Waals surface area contributed by atoms with E-state index in [1.54, 1.807) is 64.6 Å². The maximum Gasteiger partial charge on any atom is 0.415 e. The summed E-state index contributed by atoms with van der Waals surface area (Å²) in [5.41, 5.74) is 0.479. The van der Waals surface area contributed by atoms with Crippen LogP contribution in [0.2, 0.25) is 0 Å². The minimum absolute atomic E-state index is 0.0686. The quantitative estimate of drug-likeness (QED) is 0.392. The molecule has 0 radical (unpaired) electrons. The van der Waals surface area contributed by atoms with Gasteiger partial charge in [0.15, 0.2) is 0 Å². The largest absolute Gasteiger partial charge is 0.462 e. The zero-order valence-corrected chi connectivity index (χ0v) is 24.3. The van der Waals surface area contributed by atoms with Crippen LogP contribution in [0, 0.1) is 0 Å². The van der Waals surface area contributed by atoms with Crippen molar-refractivity contribution in [2.45, 2.75) is 77.5 Å². The van der Waals surface area contributed by atoms with E-state index >= 15 is 0 Å². The summed E-state index contributed by atoms with van der Waals surface area (Å²) < 4.78 is 19.7. The molecule has 1 N–H and O–H groups in total. The minimum Gasteiger partial charge on any atom is -0.462 e. The number of ether oxygens (including phenoxy) is 3. The topological polar surface area (TPSA) is 116 Å². The van der Waals surface area contributed by atoms with Crippen LogP contribution in [-0.4, -0.2) is 58.2 Å². The summed E-state index contributed by atoms with van der Waals surface area (Å²) in [4.78, 5) is 40.5. The zero-order chi connectivity index (χ0) is 29.2. The molecular formula is C29H39N5O6. The second-order valence-electron chi connectivity index (χ2n) is 11.4. The number of nitrogens with zero attached hydrogens (tertiary/aromatic N) is 4. The lowest BCUT2D eigenvalue weighted by Gasteiger charge is -2.36. The Labute approximate surface area is 234 Å². The van der Waals surface area contributed by atoms with Gasteiger partial charge in [-0.2, -0.15) is 5.10 Å². The van der Waals surface area contributed by atoms with Crippen molar-refractivity contribution in [3.8, 4) is 0 Å². The van der Waals surface area contributed by atoms with Gasteiger partial charge in [0.1, 0.15) is 22.7 Å². The first-order valence-electron chi connectivity index (χ1n) is 13.5. The Hall–Kier alpha value is -3.86. The van der Waals surface area contributed by atoms with E-state index in [-0.39, 0.29) is 29.4 Å². The molecule has 0 aromatic carbocycles. The van der Waals surface area contributed by atoms with E-state index in [0.717, 1.165) is 25.7 Å². The molecule has 1 saturated carbocycles. The molecule has 0 unspecified atom stereocenters. The molecule has 0 atom stereocenters. The van der Waals surface area contributed by atoms with Crippen LogP contribution >= 0.6 is 0 Å². The molecule has 40 heavy (non-hydrogen) atoms. The van der Waals surface area contributed by atoms with Crippen LogP contribution in [-0.2, 0) is 14.2 Å². The first kappa shape index (κ1) is 29.1. The Kier molecular flexibility index (Phi) is 8.25. The molecule has 3 aromatic rings. The number of anilines is 3. The van der Waals surface area contributed by atoms with Gasteiger partial charge in [0, 0.05) is 38.1 Å². The minimum atomic E-state index is -0.713. The number of nitrogens with one attached hydrogen (secondary N) is 1. The van der Waals surface area contributed by atoms with Gasteiger partial charge in [-0.15, -0.1) is 0 Å². The fraction of sp³-hybridized carbons (Fsp3) is 0.517. The normalized spacial score (nSPS) is 19.3. The molecule has 0 saturated heterocycles. The van der Waals surface area contributed by atoms with Gasteiger partial charge < -0.3 is 24.1 Å². The van der Waals surface area contributed by atoms with Crippen molar-refractivity contribution in [1.29, 1.82) is 0 Å². The highest BCUT2D eigenvalue weighted by Crippen LogP contribution is 2.36. The standard InChI is InChI=1S/C29H39N5O6/c1-8-39-26(36)21-18-30-34-23(21)16-19(17-24(34)32(6)27(37)40-28(2,3)4)31-22-10-9-15-33(25(22)35)20-11-13-29(5,38-7)14-12-20/h9-10,15-18,20,31H,8,11-14H2,1-7H3/t20-,29-. The van der Waals surface area contributed by atoms with Gasteiger partial charge in [-0.3, -0.25) is 9.69 Å². The summed E-state index contributed by atoms with van der Waals surface area (Å²) in [7, 11) is 3.29. The van der Waals surface area contributed by atoms with E-state index in [0.29, 0.717) is 22.7 Å². The smallest absolute Gasteiger partial charge is 0.415 e. The second kappa shape index (κ2) is 11.3. The molecule has 11 heteroatoms. The van der Waals surface area contributed by atoms with Gasteiger partial charge in [0.2, 0.25) is 0 Å². The fourth-order valence-electron chi connectivity index (χ4n) is 4.91. The van der Waals surface area contributed by atoms with Crippen LogP contribution in [0.3, 0.4) is 0 Å². The van der Waals surface area contributed by atoms with Gasteiger partial charge in [0.25, 0.3) is 5.56 Å². The molecule has 1 amide bonds. The lowest BCUT2D eigenvalue weighted by Crippen LogP contribution is -2.36. The van der Waals surface area contributed by atoms with E-state index in [1.807, 2.05) is 12.3 Å². The van der Waals surface area contributed by atoms with Crippen LogP contribution in [0.15, 0.2) is 41.5 Å². The number of carbonyl (C=O) groups excluding carboxylic acids is 2. The summed E-state index contributed by atoms with van der Waals surface area (Å²) in [6.45, 7) is 9.37. The van der Waals surface area contributed by atoms with Gasteiger partial charge >= 0.3 is 12.1 Å². The molecule has 216 valence electrons. The summed E-state index contributed by atoms with van der Waals surface area (Å²) >= 11 is 0. The number of hydrogen-bond acceptors (Lipinski definition) is 8. The van der Waals surface area contributed by atoms with Gasteiger partial charge in [-0.1, -0.05) is 0 Å². The molecular weight excluding hydrogens is 514 g/mol. The Morgan fingerprint density at radius 2 is 1.93 bits per heavy atom. The monoisotopic (exact) mass is 553 g/mol. The van der Waals surface area contributed by atoms with E-state index in [2.05, 4.69) is 17.3 Å². The third kappa shape index (κ3) is 6.14. The predicted octanol–water partition coefficient (Wildman–Crippen LogP) is 5.31. The molecule has 1 fully saturated rings. The molecule has 4 rings (SSSR count). The highest BCUT2D eigenvalue weighted by Gasteiger charge is 2.32. The van der Waals surface area contributed by atoms with Gasteiger partial charge in [0.05, 0.1) is 23.9 Å².